The normalized spacial score (nSPS) is 12.8. The lowest BCUT2D eigenvalue weighted by Gasteiger charge is -2.25. The van der Waals surface area contributed by atoms with Crippen LogP contribution in [-0.4, -0.2) is 0 Å². The molecule has 0 spiro atoms. The van der Waals surface area contributed by atoms with Gasteiger partial charge in [0.25, 0.3) is 0 Å². The molecule has 2 aromatic carbocycles. The fourth-order valence-electron chi connectivity index (χ4n) is 5.34. The highest BCUT2D eigenvalue weighted by molar-refractivity contribution is 5.94. The summed E-state index contributed by atoms with van der Waals surface area (Å²) in [5.74, 6) is 2.62. The van der Waals surface area contributed by atoms with Crippen molar-refractivity contribution in [2.75, 3.05) is 0 Å². The van der Waals surface area contributed by atoms with Gasteiger partial charge in [0.1, 0.15) is 8.42 Å². The quantitative estimate of drug-likeness (QED) is 0.355. The van der Waals surface area contributed by atoms with Crippen LogP contribution in [0.25, 0.3) is 22.0 Å². The summed E-state index contributed by atoms with van der Waals surface area (Å²) in [6.07, 6.45) is 0.552. The molecule has 3 aromatic rings. The van der Waals surface area contributed by atoms with Gasteiger partial charge in [0.05, 0.1) is 10.9 Å². The maximum absolute atomic E-state index is 8.75. The van der Waals surface area contributed by atoms with Crippen LogP contribution >= 0.6 is 0 Å². The van der Waals surface area contributed by atoms with Crippen molar-refractivity contribution < 1.29 is 5.94 Å². The van der Waals surface area contributed by atoms with Crippen LogP contribution in [0.5, 0.6) is 0 Å². The van der Waals surface area contributed by atoms with Gasteiger partial charge in [-0.3, -0.25) is 0 Å². The summed E-state index contributed by atoms with van der Waals surface area (Å²) >= 11 is 0. The Balaban J connectivity index is 2.36. The standard InChI is InChI=1S/C30H42N/c1-18(2)25-16-27(19(3)4)22(9)28(17-25)30-26-12-11-24(29(20(5)6)21(7)8)15-23(26)13-14-31(30)10/h11-21,29H,1-10H3/q+1/i14D. The van der Waals surface area contributed by atoms with E-state index in [1.165, 1.54) is 38.6 Å². The number of rotatable bonds is 6. The highest BCUT2D eigenvalue weighted by Crippen LogP contribution is 2.37. The molecule has 166 valence electrons. The van der Waals surface area contributed by atoms with E-state index in [9.17, 15) is 0 Å². The summed E-state index contributed by atoms with van der Waals surface area (Å²) in [7, 11) is 2.03. The minimum atomic E-state index is 0.465. The second kappa shape index (κ2) is 9.15. The van der Waals surface area contributed by atoms with E-state index in [1.807, 2.05) is 13.1 Å². The van der Waals surface area contributed by atoms with Crippen molar-refractivity contribution in [3.8, 4) is 11.3 Å². The molecule has 0 saturated heterocycles. The predicted octanol–water partition coefficient (Wildman–Crippen LogP) is 8.28. The minimum Gasteiger partial charge on any atom is -0.200 e. The SMILES string of the molecule is [2H]c1cc2cc(C(C(C)C)C(C)C)ccc2c(-c2cc(C(C)C)cc(C(C)C)c2C)[n+]1C. The van der Waals surface area contributed by atoms with Crippen LogP contribution in [0.15, 0.2) is 42.6 Å². The summed E-state index contributed by atoms with van der Waals surface area (Å²) in [6, 6.07) is 13.7. The number of hydrogen-bond donors (Lipinski definition) is 0. The summed E-state index contributed by atoms with van der Waals surface area (Å²) in [4.78, 5) is 0. The van der Waals surface area contributed by atoms with Crippen molar-refractivity contribution >= 4 is 10.8 Å². The summed E-state index contributed by atoms with van der Waals surface area (Å²) in [6.45, 7) is 20.6. The molecule has 31 heavy (non-hydrogen) atoms. The van der Waals surface area contributed by atoms with Gasteiger partial charge < -0.3 is 0 Å². The van der Waals surface area contributed by atoms with Crippen LogP contribution < -0.4 is 4.57 Å². The molecule has 0 saturated carbocycles. The van der Waals surface area contributed by atoms with Crippen LogP contribution in [0, 0.1) is 18.8 Å². The molecule has 0 N–H and O–H groups in total. The van der Waals surface area contributed by atoms with Crippen molar-refractivity contribution in [2.45, 2.75) is 80.1 Å². The molecule has 0 unspecified atom stereocenters. The summed E-state index contributed by atoms with van der Waals surface area (Å²) in [5, 5.41) is 2.41. The Morgan fingerprint density at radius 2 is 1.42 bits per heavy atom. The fourth-order valence-corrected chi connectivity index (χ4v) is 5.34. The van der Waals surface area contributed by atoms with Crippen LogP contribution in [0.3, 0.4) is 0 Å². The van der Waals surface area contributed by atoms with Gasteiger partial charge in [-0.15, -0.1) is 0 Å². The maximum atomic E-state index is 8.75. The Morgan fingerprint density at radius 3 is 1.97 bits per heavy atom. The molecule has 0 amide bonds. The Labute approximate surface area is 191 Å². The molecular formula is C30H42N+. The highest BCUT2D eigenvalue weighted by atomic mass is 14.9. The zero-order valence-corrected chi connectivity index (χ0v) is 21.3. The van der Waals surface area contributed by atoms with Gasteiger partial charge in [-0.2, -0.15) is 0 Å². The van der Waals surface area contributed by atoms with E-state index in [0.29, 0.717) is 35.8 Å². The number of fused-ring (bicyclic) bond motifs is 1. The van der Waals surface area contributed by atoms with Crippen molar-refractivity contribution in [2.24, 2.45) is 18.9 Å². The van der Waals surface area contributed by atoms with E-state index in [2.05, 4.69) is 97.2 Å². The van der Waals surface area contributed by atoms with E-state index in [1.54, 1.807) is 0 Å². The number of pyridine rings is 1. The monoisotopic (exact) mass is 417 g/mol. The van der Waals surface area contributed by atoms with Crippen molar-refractivity contribution in [1.29, 1.82) is 0 Å². The third-order valence-corrected chi connectivity index (χ3v) is 6.92. The maximum Gasteiger partial charge on any atom is 0.220 e. The lowest BCUT2D eigenvalue weighted by Crippen LogP contribution is -2.31. The average Bonchev–Trinajstić information content (AvgIpc) is 2.68. The molecule has 0 bridgehead atoms. The third-order valence-electron chi connectivity index (χ3n) is 6.92. The number of hydrogen-bond acceptors (Lipinski definition) is 0. The van der Waals surface area contributed by atoms with Crippen LogP contribution in [0.4, 0.5) is 0 Å². The molecule has 1 heteroatoms. The Bertz CT molecular complexity index is 1110. The van der Waals surface area contributed by atoms with Crippen LogP contribution in [-0.2, 0) is 7.05 Å². The first-order valence-corrected chi connectivity index (χ1v) is 12.0. The van der Waals surface area contributed by atoms with E-state index in [4.69, 9.17) is 1.37 Å². The second-order valence-corrected chi connectivity index (χ2v) is 10.6. The van der Waals surface area contributed by atoms with Crippen LogP contribution in [0.2, 0.25) is 0 Å². The van der Waals surface area contributed by atoms with E-state index in [0.717, 1.165) is 5.69 Å². The second-order valence-electron chi connectivity index (χ2n) is 10.6. The van der Waals surface area contributed by atoms with Gasteiger partial charge >= 0.3 is 0 Å². The van der Waals surface area contributed by atoms with Crippen molar-refractivity contribution in [3.05, 3.63) is 64.8 Å². The number of nitrogens with zero attached hydrogens (tertiary/aromatic N) is 1. The first-order chi connectivity index (χ1) is 14.9. The first-order valence-electron chi connectivity index (χ1n) is 12.5. The molecular weight excluding hydrogens is 374 g/mol. The number of aromatic nitrogens is 1. The molecule has 0 aliphatic rings. The van der Waals surface area contributed by atoms with Crippen LogP contribution in [0.1, 0.15) is 96.8 Å². The Kier molecular flexibility index (Phi) is 6.51. The molecule has 0 atom stereocenters. The topological polar surface area (TPSA) is 3.88 Å². The van der Waals surface area contributed by atoms with Gasteiger partial charge in [-0.05, 0) is 76.3 Å². The molecule has 1 aromatic heterocycles. The largest absolute Gasteiger partial charge is 0.220 e. The van der Waals surface area contributed by atoms with Crippen molar-refractivity contribution in [3.63, 3.8) is 0 Å². The first kappa shape index (κ1) is 22.1. The van der Waals surface area contributed by atoms with Gasteiger partial charge in [-0.25, -0.2) is 4.57 Å². The zero-order chi connectivity index (χ0) is 23.9. The predicted molar refractivity (Wildman–Crippen MR) is 136 cm³/mol. The Morgan fingerprint density at radius 1 is 0.774 bits per heavy atom. The molecule has 0 aliphatic heterocycles. The third kappa shape index (κ3) is 4.56. The highest BCUT2D eigenvalue weighted by Gasteiger charge is 2.24. The van der Waals surface area contributed by atoms with E-state index >= 15 is 0 Å². The molecule has 3 rings (SSSR count). The summed E-state index contributed by atoms with van der Waals surface area (Å²) < 4.78 is 10.8. The molecule has 1 nitrogen and oxygen atoms in total. The van der Waals surface area contributed by atoms with Gasteiger partial charge in [-0.1, -0.05) is 73.6 Å². The molecule has 0 fully saturated rings. The van der Waals surface area contributed by atoms with Gasteiger partial charge in [0.15, 0.2) is 6.17 Å². The van der Waals surface area contributed by atoms with Crippen molar-refractivity contribution in [1.82, 2.24) is 0 Å². The number of benzene rings is 2. The summed E-state index contributed by atoms with van der Waals surface area (Å²) in [5.41, 5.74) is 7.92. The lowest BCUT2D eigenvalue weighted by atomic mass is 9.79. The fraction of sp³-hybridized carbons (Fsp3) is 0.500. The van der Waals surface area contributed by atoms with E-state index in [-0.39, 0.29) is 0 Å². The zero-order valence-electron chi connectivity index (χ0n) is 22.3. The lowest BCUT2D eigenvalue weighted by molar-refractivity contribution is -0.659. The molecule has 1 heterocycles. The smallest absolute Gasteiger partial charge is 0.200 e. The minimum absolute atomic E-state index is 0.465. The molecule has 0 radical (unpaired) electrons. The van der Waals surface area contributed by atoms with Gasteiger partial charge in [0.2, 0.25) is 5.69 Å². The van der Waals surface area contributed by atoms with E-state index < -0.39 is 0 Å². The van der Waals surface area contributed by atoms with Gasteiger partial charge in [0, 0.05) is 6.07 Å². The Hall–Kier alpha value is -2.15. The average molecular weight is 418 g/mol. The molecule has 0 aliphatic carbocycles.